The third-order valence-electron chi connectivity index (χ3n) is 4.04. The van der Waals surface area contributed by atoms with Crippen LogP contribution in [0.25, 0.3) is 0 Å². The Balaban J connectivity index is 1.68. The molecule has 1 saturated carbocycles. The maximum absolute atomic E-state index is 12.5. The van der Waals surface area contributed by atoms with E-state index in [1.807, 2.05) is 12.1 Å². The second-order valence-electron chi connectivity index (χ2n) is 5.82. The summed E-state index contributed by atoms with van der Waals surface area (Å²) < 4.78 is 0. The molecule has 1 amide bonds. The summed E-state index contributed by atoms with van der Waals surface area (Å²) >= 11 is 5.97. The van der Waals surface area contributed by atoms with Crippen LogP contribution in [-0.2, 0) is 0 Å². The monoisotopic (exact) mass is 333 g/mol. The molecule has 6 nitrogen and oxygen atoms in total. The second-order valence-corrected chi connectivity index (χ2v) is 6.25. The number of hydrogen-bond donors (Lipinski definition) is 3. The van der Waals surface area contributed by atoms with Gasteiger partial charge in [-0.25, -0.2) is 0 Å². The van der Waals surface area contributed by atoms with Crippen molar-refractivity contribution in [3.63, 3.8) is 0 Å². The lowest BCUT2D eigenvalue weighted by Crippen LogP contribution is -2.35. The topological polar surface area (TPSA) is 82.7 Å². The minimum absolute atomic E-state index is 0.199. The Morgan fingerprint density at radius 2 is 1.96 bits per heavy atom. The van der Waals surface area contributed by atoms with Crippen LogP contribution in [0.4, 0.5) is 11.5 Å². The van der Waals surface area contributed by atoms with E-state index in [1.54, 1.807) is 12.1 Å². The Hall–Kier alpha value is -2.08. The first-order valence-electron chi connectivity index (χ1n) is 7.96. The van der Waals surface area contributed by atoms with Crippen LogP contribution in [0.1, 0.15) is 49.0 Å². The second kappa shape index (κ2) is 7.46. The van der Waals surface area contributed by atoms with E-state index in [0.717, 1.165) is 31.4 Å². The minimum atomic E-state index is -0.199. The van der Waals surface area contributed by atoms with Gasteiger partial charge in [0.2, 0.25) is 0 Å². The molecule has 122 valence electrons. The number of nitrogens with zero attached hydrogens (tertiary/aromatic N) is 2. The summed E-state index contributed by atoms with van der Waals surface area (Å²) in [4.78, 5) is 12.5. The molecule has 0 bridgehead atoms. The van der Waals surface area contributed by atoms with Crippen LogP contribution < -0.4 is 10.6 Å². The van der Waals surface area contributed by atoms with Crippen molar-refractivity contribution in [1.29, 1.82) is 0 Å². The van der Waals surface area contributed by atoms with Gasteiger partial charge in [-0.2, -0.15) is 5.21 Å². The summed E-state index contributed by atoms with van der Waals surface area (Å²) in [7, 11) is 0. The molecule has 1 aliphatic rings. The molecule has 2 aromatic rings. The van der Waals surface area contributed by atoms with Gasteiger partial charge in [0, 0.05) is 16.8 Å². The number of halogens is 1. The zero-order valence-electron chi connectivity index (χ0n) is 12.8. The number of aromatic amines is 1. The molecule has 7 heteroatoms. The van der Waals surface area contributed by atoms with E-state index in [1.165, 1.54) is 12.8 Å². The summed E-state index contributed by atoms with van der Waals surface area (Å²) in [5.74, 6) is 0.202. The Kier molecular flexibility index (Phi) is 5.12. The lowest BCUT2D eigenvalue weighted by Gasteiger charge is -2.15. The normalized spacial score (nSPS) is 15.9. The van der Waals surface area contributed by atoms with Crippen molar-refractivity contribution in [2.24, 2.45) is 0 Å². The number of amides is 1. The fourth-order valence-electron chi connectivity index (χ4n) is 2.86. The van der Waals surface area contributed by atoms with E-state index in [4.69, 9.17) is 11.6 Å². The first-order chi connectivity index (χ1) is 11.2. The smallest absolute Gasteiger partial charge is 0.275 e. The van der Waals surface area contributed by atoms with Crippen LogP contribution in [-0.4, -0.2) is 27.4 Å². The number of nitrogens with one attached hydrogen (secondary N) is 3. The Bertz CT molecular complexity index is 664. The van der Waals surface area contributed by atoms with Gasteiger partial charge in [0.25, 0.3) is 5.91 Å². The lowest BCUT2D eigenvalue weighted by molar-refractivity contribution is 0.0929. The molecule has 3 rings (SSSR count). The van der Waals surface area contributed by atoms with E-state index >= 15 is 0 Å². The van der Waals surface area contributed by atoms with Crippen LogP contribution in [0.15, 0.2) is 24.3 Å². The van der Waals surface area contributed by atoms with E-state index in [-0.39, 0.29) is 17.6 Å². The first-order valence-corrected chi connectivity index (χ1v) is 8.34. The Morgan fingerprint density at radius 3 is 2.70 bits per heavy atom. The van der Waals surface area contributed by atoms with Crippen molar-refractivity contribution >= 4 is 29.0 Å². The maximum atomic E-state index is 12.5. The molecule has 23 heavy (non-hydrogen) atoms. The number of rotatable bonds is 4. The van der Waals surface area contributed by atoms with Crippen LogP contribution in [0.5, 0.6) is 0 Å². The molecule has 1 aromatic heterocycles. The van der Waals surface area contributed by atoms with Gasteiger partial charge in [0.1, 0.15) is 0 Å². The molecule has 3 N–H and O–H groups in total. The molecule has 0 spiro atoms. The molecule has 1 fully saturated rings. The predicted octanol–water partition coefficient (Wildman–Crippen LogP) is 3.65. The van der Waals surface area contributed by atoms with Gasteiger partial charge in [0.05, 0.1) is 0 Å². The van der Waals surface area contributed by atoms with Crippen LogP contribution in [0.3, 0.4) is 0 Å². The highest BCUT2D eigenvalue weighted by Gasteiger charge is 2.21. The van der Waals surface area contributed by atoms with E-state index in [0.29, 0.717) is 10.8 Å². The van der Waals surface area contributed by atoms with Crippen molar-refractivity contribution < 1.29 is 4.79 Å². The number of anilines is 2. The molecule has 0 saturated heterocycles. The van der Waals surface area contributed by atoms with Gasteiger partial charge >= 0.3 is 0 Å². The molecule has 0 unspecified atom stereocenters. The van der Waals surface area contributed by atoms with Crippen LogP contribution >= 0.6 is 11.6 Å². The summed E-state index contributed by atoms with van der Waals surface area (Å²) in [6.45, 7) is 0. The van der Waals surface area contributed by atoms with E-state index in [2.05, 4.69) is 26.0 Å². The molecule has 0 aliphatic heterocycles. The van der Waals surface area contributed by atoms with Crippen LogP contribution in [0.2, 0.25) is 5.02 Å². The van der Waals surface area contributed by atoms with Crippen molar-refractivity contribution in [2.75, 3.05) is 5.32 Å². The fourth-order valence-corrected chi connectivity index (χ4v) is 3.05. The zero-order chi connectivity index (χ0) is 16.1. The van der Waals surface area contributed by atoms with Gasteiger partial charge < -0.3 is 10.6 Å². The molecular formula is C16H20ClN5O. The summed E-state index contributed by atoms with van der Waals surface area (Å²) in [6, 6.07) is 7.46. The zero-order valence-corrected chi connectivity index (χ0v) is 13.6. The molecule has 1 aliphatic carbocycles. The predicted molar refractivity (Wildman–Crippen MR) is 90.1 cm³/mol. The standard InChI is InChI=1S/C16H20ClN5O/c17-11-6-5-9-13(10-11)18-15-14(20-22-21-15)16(23)19-12-7-3-1-2-4-8-12/h5-6,9-10,12H,1-4,7-8H2,(H,19,23)(H2,18,20,21,22). The number of aromatic nitrogens is 3. The Morgan fingerprint density at radius 1 is 1.17 bits per heavy atom. The number of hydrogen-bond acceptors (Lipinski definition) is 4. The number of benzene rings is 1. The van der Waals surface area contributed by atoms with E-state index < -0.39 is 0 Å². The van der Waals surface area contributed by atoms with E-state index in [9.17, 15) is 4.79 Å². The third-order valence-corrected chi connectivity index (χ3v) is 4.28. The summed E-state index contributed by atoms with van der Waals surface area (Å²) in [6.07, 6.45) is 6.88. The van der Waals surface area contributed by atoms with Crippen molar-refractivity contribution in [3.8, 4) is 0 Å². The highest BCUT2D eigenvalue weighted by Crippen LogP contribution is 2.21. The molecular weight excluding hydrogens is 314 g/mol. The third kappa shape index (κ3) is 4.22. The highest BCUT2D eigenvalue weighted by molar-refractivity contribution is 6.30. The molecule has 0 atom stereocenters. The minimum Gasteiger partial charge on any atom is -0.348 e. The number of carbonyl (C=O) groups is 1. The first kappa shape index (κ1) is 15.8. The van der Waals surface area contributed by atoms with Gasteiger partial charge in [-0.05, 0) is 31.0 Å². The molecule has 1 aromatic carbocycles. The maximum Gasteiger partial charge on any atom is 0.275 e. The average molecular weight is 334 g/mol. The van der Waals surface area contributed by atoms with Crippen molar-refractivity contribution in [3.05, 3.63) is 35.0 Å². The van der Waals surface area contributed by atoms with Crippen molar-refractivity contribution in [1.82, 2.24) is 20.7 Å². The van der Waals surface area contributed by atoms with Gasteiger partial charge in [-0.3, -0.25) is 4.79 Å². The SMILES string of the molecule is O=C(NC1CCCCCC1)c1n[nH]nc1Nc1cccc(Cl)c1. The summed E-state index contributed by atoms with van der Waals surface area (Å²) in [5, 5.41) is 17.3. The van der Waals surface area contributed by atoms with Gasteiger partial charge in [-0.1, -0.05) is 43.4 Å². The summed E-state index contributed by atoms with van der Waals surface area (Å²) in [5.41, 5.74) is 1.03. The lowest BCUT2D eigenvalue weighted by atomic mass is 10.1. The quantitative estimate of drug-likeness (QED) is 0.746. The highest BCUT2D eigenvalue weighted by atomic mass is 35.5. The largest absolute Gasteiger partial charge is 0.348 e. The van der Waals surface area contributed by atoms with Crippen LogP contribution in [0, 0.1) is 0 Å². The number of H-pyrrole nitrogens is 1. The fraction of sp³-hybridized carbons (Fsp3) is 0.438. The molecule has 1 heterocycles. The Labute approximate surface area is 140 Å². The van der Waals surface area contributed by atoms with Crippen molar-refractivity contribution in [2.45, 2.75) is 44.6 Å². The molecule has 0 radical (unpaired) electrons. The van der Waals surface area contributed by atoms with Gasteiger partial charge in [-0.15, -0.1) is 10.2 Å². The number of carbonyl (C=O) groups excluding carboxylic acids is 1. The average Bonchev–Trinajstić information content (AvgIpc) is 2.83. The van der Waals surface area contributed by atoms with Gasteiger partial charge in [0.15, 0.2) is 11.5 Å².